The number of aliphatic imine (C=N–C) groups is 1. The van der Waals surface area contributed by atoms with Crippen LogP contribution in [-0.2, 0) is 0 Å². The molecule has 0 aliphatic carbocycles. The van der Waals surface area contributed by atoms with Gasteiger partial charge in [-0.15, -0.1) is 11.3 Å². The highest BCUT2D eigenvalue weighted by Gasteiger charge is 1.95. The predicted molar refractivity (Wildman–Crippen MR) is 65.6 cm³/mol. The van der Waals surface area contributed by atoms with Crippen molar-refractivity contribution in [1.29, 1.82) is 0 Å². The number of hydrogen-bond donors (Lipinski definition) is 0. The third-order valence-electron chi connectivity index (χ3n) is 1.90. The Kier molecular flexibility index (Phi) is 3.14. The molecule has 2 heterocycles. The van der Waals surface area contributed by atoms with Gasteiger partial charge in [0.05, 0.1) is 16.9 Å². The quantitative estimate of drug-likeness (QED) is 0.727. The Morgan fingerprint density at radius 2 is 2.27 bits per heavy atom. The zero-order valence-corrected chi connectivity index (χ0v) is 9.72. The minimum atomic E-state index is 0.638. The number of thiophene rings is 1. The van der Waals surface area contributed by atoms with Gasteiger partial charge in [0, 0.05) is 6.20 Å². The molecule has 0 radical (unpaired) electrons. The van der Waals surface area contributed by atoms with Crippen LogP contribution in [0.4, 0.5) is 5.00 Å². The van der Waals surface area contributed by atoms with Crippen molar-refractivity contribution in [2.45, 2.75) is 6.92 Å². The first-order valence-corrected chi connectivity index (χ1v) is 5.71. The molecule has 0 unspecified atom stereocenters. The maximum absolute atomic E-state index is 5.73. The molecule has 0 saturated heterocycles. The molecule has 0 amide bonds. The molecule has 0 fully saturated rings. The monoisotopic (exact) mass is 236 g/mol. The summed E-state index contributed by atoms with van der Waals surface area (Å²) in [5, 5.41) is 3.68. The number of pyridine rings is 1. The molecule has 0 N–H and O–H groups in total. The van der Waals surface area contributed by atoms with Crippen molar-refractivity contribution >= 4 is 34.2 Å². The van der Waals surface area contributed by atoms with Gasteiger partial charge < -0.3 is 0 Å². The van der Waals surface area contributed by atoms with E-state index >= 15 is 0 Å². The van der Waals surface area contributed by atoms with Crippen LogP contribution in [0.3, 0.4) is 0 Å². The molecule has 0 aromatic carbocycles. The Morgan fingerprint density at radius 3 is 2.87 bits per heavy atom. The Bertz CT molecular complexity index is 474. The molecule has 2 aromatic rings. The lowest BCUT2D eigenvalue weighted by molar-refractivity contribution is 1.30. The SMILES string of the molecule is Cc1ccsc1N=Cc1ccc(Cl)cn1. The van der Waals surface area contributed by atoms with Gasteiger partial charge in [0.2, 0.25) is 0 Å². The fraction of sp³-hybridized carbons (Fsp3) is 0.0909. The van der Waals surface area contributed by atoms with E-state index in [9.17, 15) is 0 Å². The fourth-order valence-electron chi connectivity index (χ4n) is 1.09. The summed E-state index contributed by atoms with van der Waals surface area (Å²) in [5.74, 6) is 0. The first kappa shape index (κ1) is 10.3. The van der Waals surface area contributed by atoms with Crippen LogP contribution in [0.1, 0.15) is 11.3 Å². The van der Waals surface area contributed by atoms with E-state index in [1.165, 1.54) is 5.56 Å². The van der Waals surface area contributed by atoms with Crippen LogP contribution in [0, 0.1) is 6.92 Å². The van der Waals surface area contributed by atoms with Crippen LogP contribution in [0.15, 0.2) is 34.8 Å². The van der Waals surface area contributed by atoms with E-state index in [1.807, 2.05) is 24.4 Å². The topological polar surface area (TPSA) is 25.2 Å². The Balaban J connectivity index is 2.19. The van der Waals surface area contributed by atoms with Crippen LogP contribution in [0.2, 0.25) is 5.02 Å². The van der Waals surface area contributed by atoms with Crippen LogP contribution < -0.4 is 0 Å². The number of aromatic nitrogens is 1. The number of halogens is 1. The second-order valence-corrected chi connectivity index (χ2v) is 4.40. The standard InChI is InChI=1S/C11H9ClN2S/c1-8-4-5-15-11(8)14-7-10-3-2-9(12)6-13-10/h2-7H,1H3. The van der Waals surface area contributed by atoms with Gasteiger partial charge in [-0.25, -0.2) is 4.99 Å². The van der Waals surface area contributed by atoms with E-state index in [-0.39, 0.29) is 0 Å². The summed E-state index contributed by atoms with van der Waals surface area (Å²) in [5.41, 5.74) is 2.00. The van der Waals surface area contributed by atoms with Crippen molar-refractivity contribution in [3.05, 3.63) is 46.1 Å². The van der Waals surface area contributed by atoms with Crippen molar-refractivity contribution < 1.29 is 0 Å². The molecular weight excluding hydrogens is 228 g/mol. The average Bonchev–Trinajstić information content (AvgIpc) is 2.63. The number of aryl methyl sites for hydroxylation is 1. The maximum Gasteiger partial charge on any atom is 0.118 e. The summed E-state index contributed by atoms with van der Waals surface area (Å²) in [7, 11) is 0. The van der Waals surface area contributed by atoms with Crippen LogP contribution >= 0.6 is 22.9 Å². The maximum atomic E-state index is 5.73. The average molecular weight is 237 g/mol. The lowest BCUT2D eigenvalue weighted by Gasteiger charge is -1.92. The summed E-state index contributed by atoms with van der Waals surface area (Å²) in [6, 6.07) is 5.69. The van der Waals surface area contributed by atoms with Gasteiger partial charge in [-0.1, -0.05) is 11.6 Å². The Morgan fingerprint density at radius 1 is 1.40 bits per heavy atom. The molecule has 0 spiro atoms. The summed E-state index contributed by atoms with van der Waals surface area (Å²) in [4.78, 5) is 8.48. The molecule has 4 heteroatoms. The first-order valence-electron chi connectivity index (χ1n) is 4.45. The highest BCUT2D eigenvalue weighted by atomic mass is 35.5. The predicted octanol–water partition coefficient (Wildman–Crippen LogP) is 3.86. The zero-order valence-electron chi connectivity index (χ0n) is 8.14. The van der Waals surface area contributed by atoms with Gasteiger partial charge in [-0.2, -0.15) is 0 Å². The number of nitrogens with zero attached hydrogens (tertiary/aromatic N) is 2. The second kappa shape index (κ2) is 4.55. The molecule has 0 aliphatic heterocycles. The van der Waals surface area contributed by atoms with Crippen molar-refractivity contribution in [2.75, 3.05) is 0 Å². The molecule has 0 atom stereocenters. The van der Waals surface area contributed by atoms with E-state index in [4.69, 9.17) is 11.6 Å². The van der Waals surface area contributed by atoms with E-state index in [0.717, 1.165) is 10.7 Å². The van der Waals surface area contributed by atoms with Crippen LogP contribution in [0.25, 0.3) is 0 Å². The van der Waals surface area contributed by atoms with Crippen molar-refractivity contribution in [3.63, 3.8) is 0 Å². The molecule has 2 aromatic heterocycles. The lowest BCUT2D eigenvalue weighted by Crippen LogP contribution is -1.84. The molecule has 0 aliphatic rings. The number of rotatable bonds is 2. The van der Waals surface area contributed by atoms with Crippen LogP contribution in [0.5, 0.6) is 0 Å². The summed E-state index contributed by atoms with van der Waals surface area (Å²) in [6.45, 7) is 2.04. The molecule has 0 bridgehead atoms. The van der Waals surface area contributed by atoms with E-state index in [2.05, 4.69) is 9.98 Å². The molecule has 2 rings (SSSR count). The summed E-state index contributed by atoms with van der Waals surface area (Å²) < 4.78 is 0. The fourth-order valence-corrected chi connectivity index (χ4v) is 1.97. The van der Waals surface area contributed by atoms with Crippen molar-refractivity contribution in [2.24, 2.45) is 4.99 Å². The highest BCUT2D eigenvalue weighted by molar-refractivity contribution is 7.14. The van der Waals surface area contributed by atoms with Gasteiger partial charge >= 0.3 is 0 Å². The summed E-state index contributed by atoms with van der Waals surface area (Å²) >= 11 is 7.35. The van der Waals surface area contributed by atoms with E-state index < -0.39 is 0 Å². The third kappa shape index (κ3) is 2.64. The minimum absolute atomic E-state index is 0.638. The zero-order chi connectivity index (χ0) is 10.7. The molecule has 76 valence electrons. The van der Waals surface area contributed by atoms with Gasteiger partial charge in [0.15, 0.2) is 0 Å². The Hall–Kier alpha value is -1.19. The molecule has 2 nitrogen and oxygen atoms in total. The normalized spacial score (nSPS) is 11.1. The first-order chi connectivity index (χ1) is 7.25. The molecule has 0 saturated carbocycles. The minimum Gasteiger partial charge on any atom is -0.254 e. The smallest absolute Gasteiger partial charge is 0.118 e. The molecule has 15 heavy (non-hydrogen) atoms. The van der Waals surface area contributed by atoms with Gasteiger partial charge in [0.25, 0.3) is 0 Å². The second-order valence-electron chi connectivity index (χ2n) is 3.07. The van der Waals surface area contributed by atoms with Gasteiger partial charge in [0.1, 0.15) is 5.00 Å². The van der Waals surface area contributed by atoms with Crippen molar-refractivity contribution in [3.8, 4) is 0 Å². The highest BCUT2D eigenvalue weighted by Crippen LogP contribution is 2.24. The van der Waals surface area contributed by atoms with E-state index in [0.29, 0.717) is 5.02 Å². The Labute approximate surface area is 97.3 Å². The summed E-state index contributed by atoms with van der Waals surface area (Å²) in [6.07, 6.45) is 3.36. The van der Waals surface area contributed by atoms with Crippen LogP contribution in [-0.4, -0.2) is 11.2 Å². The lowest BCUT2D eigenvalue weighted by atomic mass is 10.3. The van der Waals surface area contributed by atoms with Gasteiger partial charge in [-0.3, -0.25) is 4.98 Å². The van der Waals surface area contributed by atoms with E-state index in [1.54, 1.807) is 29.8 Å². The number of hydrogen-bond acceptors (Lipinski definition) is 3. The largest absolute Gasteiger partial charge is 0.254 e. The molecular formula is C11H9ClN2S. The third-order valence-corrected chi connectivity index (χ3v) is 3.05. The van der Waals surface area contributed by atoms with Gasteiger partial charge in [-0.05, 0) is 36.1 Å². The van der Waals surface area contributed by atoms with Crippen molar-refractivity contribution in [1.82, 2.24) is 4.98 Å².